The maximum Gasteiger partial charge on any atom is 0.0210 e. The highest BCUT2D eigenvalue weighted by atomic mass is 14.4. The summed E-state index contributed by atoms with van der Waals surface area (Å²) in [6.07, 6.45) is 2.19. The Balaban J connectivity index is 1.82. The van der Waals surface area contributed by atoms with Crippen molar-refractivity contribution in [1.29, 1.82) is 0 Å². The van der Waals surface area contributed by atoms with E-state index in [1.807, 2.05) is 0 Å². The Hall–Kier alpha value is -3.38. The Bertz CT molecular complexity index is 1890. The third-order valence-electron chi connectivity index (χ3n) is 9.75. The normalized spacial score (nSPS) is 14.8. The summed E-state index contributed by atoms with van der Waals surface area (Å²) < 4.78 is 0. The molecule has 0 radical (unpaired) electrons. The first-order chi connectivity index (χ1) is 18.2. The molecule has 38 heavy (non-hydrogen) atoms. The third-order valence-corrected chi connectivity index (χ3v) is 9.75. The van der Waals surface area contributed by atoms with E-state index in [9.17, 15) is 0 Å². The first-order valence-electron chi connectivity index (χ1n) is 14.5. The molecule has 0 spiro atoms. The number of benzene rings is 6. The second kappa shape index (κ2) is 7.82. The van der Waals surface area contributed by atoms with Crippen LogP contribution in [0, 0.1) is 0 Å². The summed E-state index contributed by atoms with van der Waals surface area (Å²) in [5.74, 6) is 0.503. The van der Waals surface area contributed by atoms with Crippen molar-refractivity contribution in [2.24, 2.45) is 0 Å². The van der Waals surface area contributed by atoms with E-state index < -0.39 is 0 Å². The van der Waals surface area contributed by atoms with E-state index in [1.54, 1.807) is 0 Å². The third kappa shape index (κ3) is 2.92. The van der Waals surface area contributed by atoms with Crippen molar-refractivity contribution < 1.29 is 0 Å². The number of rotatable bonds is 3. The van der Waals surface area contributed by atoms with Crippen molar-refractivity contribution in [3.05, 3.63) is 95.1 Å². The van der Waals surface area contributed by atoms with Gasteiger partial charge in [0.15, 0.2) is 0 Å². The predicted octanol–water partition coefficient (Wildman–Crippen LogP) is 11.2. The zero-order chi connectivity index (χ0) is 26.6. The molecule has 6 aromatic rings. The molecule has 6 aromatic carbocycles. The lowest BCUT2D eigenvalue weighted by molar-refractivity contribution is 0.482. The lowest BCUT2D eigenvalue weighted by Crippen LogP contribution is -2.30. The quantitative estimate of drug-likeness (QED) is 0.215. The fourth-order valence-electron chi connectivity index (χ4n) is 7.70. The van der Waals surface area contributed by atoms with Gasteiger partial charge in [-0.25, -0.2) is 0 Å². The summed E-state index contributed by atoms with van der Waals surface area (Å²) in [5.41, 5.74) is 8.86. The van der Waals surface area contributed by atoms with E-state index in [4.69, 9.17) is 0 Å². The molecule has 0 aromatic heterocycles. The Kier molecular flexibility index (Phi) is 4.88. The Morgan fingerprint density at radius 1 is 0.658 bits per heavy atom. The van der Waals surface area contributed by atoms with Gasteiger partial charge >= 0.3 is 0 Å². The maximum absolute atomic E-state index is 2.58. The molecule has 0 heterocycles. The van der Waals surface area contributed by atoms with Gasteiger partial charge in [0, 0.05) is 5.41 Å². The van der Waals surface area contributed by atoms with Gasteiger partial charge in [-0.1, -0.05) is 109 Å². The van der Waals surface area contributed by atoms with Crippen molar-refractivity contribution in [3.63, 3.8) is 0 Å². The molecule has 0 aliphatic heterocycles. The summed E-state index contributed by atoms with van der Waals surface area (Å²) in [6.45, 7) is 16.6. The van der Waals surface area contributed by atoms with Crippen LogP contribution >= 0.6 is 0 Å². The second-order valence-corrected chi connectivity index (χ2v) is 13.0. The molecule has 0 heteroatoms. The van der Waals surface area contributed by atoms with E-state index >= 15 is 0 Å². The molecule has 0 atom stereocenters. The largest absolute Gasteiger partial charge is 0.0642 e. The predicted molar refractivity (Wildman–Crippen MR) is 167 cm³/mol. The smallest absolute Gasteiger partial charge is 0.0210 e. The maximum atomic E-state index is 2.58. The monoisotopic (exact) mass is 494 g/mol. The van der Waals surface area contributed by atoms with Crippen LogP contribution in [0.3, 0.4) is 0 Å². The van der Waals surface area contributed by atoms with Gasteiger partial charge in [0.1, 0.15) is 0 Å². The highest BCUT2D eigenvalue weighted by Crippen LogP contribution is 2.57. The van der Waals surface area contributed by atoms with Crippen molar-refractivity contribution in [2.75, 3.05) is 0 Å². The topological polar surface area (TPSA) is 0 Å². The molecule has 0 bridgehead atoms. The first-order valence-corrected chi connectivity index (χ1v) is 14.5. The van der Waals surface area contributed by atoms with E-state index in [0.717, 1.165) is 12.8 Å². The van der Waals surface area contributed by atoms with Crippen LogP contribution in [0.4, 0.5) is 0 Å². The molecule has 0 nitrogen and oxygen atoms in total. The van der Waals surface area contributed by atoms with Crippen LogP contribution in [0.2, 0.25) is 0 Å². The Morgan fingerprint density at radius 3 is 2.08 bits per heavy atom. The molecule has 190 valence electrons. The van der Waals surface area contributed by atoms with Crippen LogP contribution in [0.5, 0.6) is 0 Å². The summed E-state index contributed by atoms with van der Waals surface area (Å²) in [6, 6.07) is 28.7. The average molecular weight is 495 g/mol. The number of hydrogen-bond acceptors (Lipinski definition) is 0. The zero-order valence-corrected chi connectivity index (χ0v) is 23.9. The minimum atomic E-state index is -0.00374. The fourth-order valence-corrected chi connectivity index (χ4v) is 7.70. The van der Waals surface area contributed by atoms with Gasteiger partial charge < -0.3 is 0 Å². The van der Waals surface area contributed by atoms with Gasteiger partial charge in [-0.05, 0) is 113 Å². The van der Waals surface area contributed by atoms with Crippen molar-refractivity contribution in [3.8, 4) is 11.1 Å². The molecule has 0 N–H and O–H groups in total. The SMILES string of the molecule is CCC1(CC)c2ccc3ccccc3c2-c2cc(C(C)(C)C)c3ccc4cc(C(C)C)cc5cc1c2c3c45. The van der Waals surface area contributed by atoms with E-state index in [2.05, 4.69) is 121 Å². The molecule has 0 fully saturated rings. The lowest BCUT2D eigenvalue weighted by atomic mass is 9.61. The standard InChI is InChI=1S/C38H38/c1-8-38(9-2)30-17-15-23-12-10-11-13-27(23)34(30)29-21-31(37(5,6)7)28-16-14-24-18-25(22(3)4)19-26-20-32(38)35(29)36(28)33(24)26/h10-22H,8-9H2,1-7H3. The molecule has 1 aliphatic carbocycles. The Morgan fingerprint density at radius 2 is 1.37 bits per heavy atom. The molecule has 0 unspecified atom stereocenters. The molecule has 7 rings (SSSR count). The van der Waals surface area contributed by atoms with Crippen LogP contribution in [0.15, 0.2) is 72.8 Å². The summed E-state index contributed by atoms with van der Waals surface area (Å²) in [7, 11) is 0. The van der Waals surface area contributed by atoms with Gasteiger partial charge in [-0.2, -0.15) is 0 Å². The van der Waals surface area contributed by atoms with Gasteiger partial charge in [0.2, 0.25) is 0 Å². The van der Waals surface area contributed by atoms with Crippen molar-refractivity contribution >= 4 is 43.1 Å². The van der Waals surface area contributed by atoms with Crippen LogP contribution in [-0.2, 0) is 10.8 Å². The van der Waals surface area contributed by atoms with Crippen LogP contribution in [-0.4, -0.2) is 0 Å². The number of fused-ring (bicyclic) bond motifs is 4. The molecular formula is C38H38. The summed E-state index contributed by atoms with van der Waals surface area (Å²) in [5, 5.41) is 11.4. The van der Waals surface area contributed by atoms with Gasteiger partial charge in [0.05, 0.1) is 0 Å². The molecule has 0 saturated carbocycles. The van der Waals surface area contributed by atoms with E-state index in [0.29, 0.717) is 5.92 Å². The minimum Gasteiger partial charge on any atom is -0.0642 e. The fraction of sp³-hybridized carbons (Fsp3) is 0.316. The molecule has 0 saturated heterocycles. The highest BCUT2D eigenvalue weighted by Gasteiger charge is 2.41. The van der Waals surface area contributed by atoms with Crippen molar-refractivity contribution in [1.82, 2.24) is 0 Å². The minimum absolute atomic E-state index is 0.00374. The van der Waals surface area contributed by atoms with E-state index in [1.165, 1.54) is 76.5 Å². The van der Waals surface area contributed by atoms with Crippen LogP contribution in [0.25, 0.3) is 54.2 Å². The van der Waals surface area contributed by atoms with Gasteiger partial charge in [-0.15, -0.1) is 0 Å². The summed E-state index contributed by atoms with van der Waals surface area (Å²) >= 11 is 0. The van der Waals surface area contributed by atoms with Gasteiger partial charge in [0.25, 0.3) is 0 Å². The van der Waals surface area contributed by atoms with Gasteiger partial charge in [-0.3, -0.25) is 0 Å². The van der Waals surface area contributed by atoms with Crippen LogP contribution in [0.1, 0.15) is 89.5 Å². The number of hydrogen-bond donors (Lipinski definition) is 0. The van der Waals surface area contributed by atoms with Crippen molar-refractivity contribution in [2.45, 2.75) is 78.1 Å². The summed E-state index contributed by atoms with van der Waals surface area (Å²) in [4.78, 5) is 0. The zero-order valence-electron chi connectivity index (χ0n) is 23.9. The lowest BCUT2D eigenvalue weighted by Gasteiger charge is -2.42. The highest BCUT2D eigenvalue weighted by molar-refractivity contribution is 6.29. The van der Waals surface area contributed by atoms with E-state index in [-0.39, 0.29) is 10.8 Å². The Labute approximate surface area is 227 Å². The average Bonchev–Trinajstić information content (AvgIpc) is 2.91. The molecular weight excluding hydrogens is 456 g/mol. The second-order valence-electron chi connectivity index (χ2n) is 13.0. The molecule has 1 aliphatic rings. The van der Waals surface area contributed by atoms with Crippen LogP contribution < -0.4 is 0 Å². The first kappa shape index (κ1) is 23.7. The molecule has 0 amide bonds.